The van der Waals surface area contributed by atoms with Crippen molar-refractivity contribution in [2.45, 2.75) is 232 Å². The molecule has 0 aromatic rings. The summed E-state index contributed by atoms with van der Waals surface area (Å²) >= 11 is 0. The number of allylic oxidation sites excluding steroid dienone is 34. The number of unbranched alkanes of at least 4 members (excludes halogenated alkanes) is 9. The minimum atomic E-state index is -0.854. The first-order valence-electron chi connectivity index (χ1n) is 31.6. The van der Waals surface area contributed by atoms with E-state index in [1.54, 1.807) is 0 Å². The highest BCUT2D eigenvalue weighted by molar-refractivity contribution is 5.71. The Balaban J connectivity index is 4.61. The van der Waals surface area contributed by atoms with E-state index in [0.717, 1.165) is 167 Å². The first-order valence-corrected chi connectivity index (χ1v) is 31.6. The van der Waals surface area contributed by atoms with Gasteiger partial charge in [-0.25, -0.2) is 0 Å². The van der Waals surface area contributed by atoms with Crippen molar-refractivity contribution in [2.75, 3.05) is 13.2 Å². The van der Waals surface area contributed by atoms with Crippen LogP contribution in [0.25, 0.3) is 0 Å². The quantitative estimate of drug-likeness (QED) is 0.0261. The summed E-state index contributed by atoms with van der Waals surface area (Å²) in [6.45, 7) is 6.17. The molecular formula is C75H112O6. The Morgan fingerprint density at radius 1 is 0.247 bits per heavy atom. The van der Waals surface area contributed by atoms with Gasteiger partial charge in [0.05, 0.1) is 0 Å². The van der Waals surface area contributed by atoms with E-state index in [1.807, 2.05) is 12.2 Å². The molecule has 1 unspecified atom stereocenters. The molecule has 0 radical (unpaired) electrons. The molecule has 0 bridgehead atoms. The monoisotopic (exact) mass is 1110 g/mol. The van der Waals surface area contributed by atoms with E-state index in [4.69, 9.17) is 14.2 Å². The van der Waals surface area contributed by atoms with Crippen LogP contribution < -0.4 is 0 Å². The molecule has 448 valence electrons. The van der Waals surface area contributed by atoms with Gasteiger partial charge in [-0.15, -0.1) is 0 Å². The SMILES string of the molecule is CC/C=C\C/C=C\C/C=C\C/C=C\C/C=C\C/C=C\CCCCCCCCC(=O)OCC(COC(=O)CCCCC/C=C\C/C=C\C/C=C\C/C=C\C/C=C\CC)OC(=O)CC/C=C\C/C=C\C/C=C\C/C=C\C/C=C\C/C=C\CC. The van der Waals surface area contributed by atoms with Gasteiger partial charge in [0.15, 0.2) is 6.10 Å². The summed E-state index contributed by atoms with van der Waals surface area (Å²) in [6.07, 6.45) is 103. The predicted molar refractivity (Wildman–Crippen MR) is 352 cm³/mol. The smallest absolute Gasteiger partial charge is 0.306 e. The molecule has 0 aromatic carbocycles. The zero-order valence-electron chi connectivity index (χ0n) is 51.2. The average Bonchev–Trinajstić information content (AvgIpc) is 3.47. The van der Waals surface area contributed by atoms with Gasteiger partial charge < -0.3 is 14.2 Å². The van der Waals surface area contributed by atoms with E-state index in [0.29, 0.717) is 12.8 Å². The van der Waals surface area contributed by atoms with E-state index in [1.165, 1.54) is 12.8 Å². The minimum absolute atomic E-state index is 0.139. The number of hydrogen-bond acceptors (Lipinski definition) is 6. The lowest BCUT2D eigenvalue weighted by atomic mass is 10.1. The number of hydrogen-bond donors (Lipinski definition) is 0. The number of esters is 3. The van der Waals surface area contributed by atoms with Gasteiger partial charge in [-0.3, -0.25) is 14.4 Å². The highest BCUT2D eigenvalue weighted by Gasteiger charge is 2.19. The van der Waals surface area contributed by atoms with Crippen molar-refractivity contribution in [3.63, 3.8) is 0 Å². The van der Waals surface area contributed by atoms with Crippen LogP contribution in [-0.2, 0) is 28.6 Å². The van der Waals surface area contributed by atoms with Gasteiger partial charge in [-0.05, 0) is 154 Å². The van der Waals surface area contributed by atoms with Gasteiger partial charge >= 0.3 is 17.9 Å². The lowest BCUT2D eigenvalue weighted by molar-refractivity contribution is -0.166. The third kappa shape index (κ3) is 64.7. The van der Waals surface area contributed by atoms with Gasteiger partial charge in [-0.2, -0.15) is 0 Å². The van der Waals surface area contributed by atoms with Crippen LogP contribution in [0, 0.1) is 0 Å². The Hall–Kier alpha value is -6.01. The third-order valence-electron chi connectivity index (χ3n) is 12.3. The molecule has 0 aliphatic rings. The fraction of sp³-hybridized carbons (Fsp3) is 0.507. The second-order valence-corrected chi connectivity index (χ2v) is 19.8. The van der Waals surface area contributed by atoms with E-state index in [2.05, 4.69) is 215 Å². The van der Waals surface area contributed by atoms with Crippen LogP contribution in [0.4, 0.5) is 0 Å². The van der Waals surface area contributed by atoms with E-state index in [-0.39, 0.29) is 38.0 Å². The first kappa shape index (κ1) is 75.0. The maximum absolute atomic E-state index is 12.9. The van der Waals surface area contributed by atoms with Gasteiger partial charge in [0.25, 0.3) is 0 Å². The second kappa shape index (κ2) is 66.5. The fourth-order valence-corrected chi connectivity index (χ4v) is 7.67. The Morgan fingerprint density at radius 2 is 0.469 bits per heavy atom. The van der Waals surface area contributed by atoms with Crippen LogP contribution in [-0.4, -0.2) is 37.2 Å². The normalized spacial score (nSPS) is 13.6. The summed E-state index contributed by atoms with van der Waals surface area (Å²) < 4.78 is 16.8. The van der Waals surface area contributed by atoms with Crippen molar-refractivity contribution < 1.29 is 28.6 Å². The molecule has 0 rings (SSSR count). The minimum Gasteiger partial charge on any atom is -0.462 e. The summed E-state index contributed by atoms with van der Waals surface area (Å²) in [4.78, 5) is 38.3. The number of carbonyl (C=O) groups excluding carboxylic acids is 3. The molecule has 0 saturated carbocycles. The van der Waals surface area contributed by atoms with E-state index in [9.17, 15) is 14.4 Å². The molecule has 0 aromatic heterocycles. The van der Waals surface area contributed by atoms with Crippen LogP contribution in [0.15, 0.2) is 207 Å². The average molecular weight is 1110 g/mol. The third-order valence-corrected chi connectivity index (χ3v) is 12.3. The Bertz CT molecular complexity index is 2000. The topological polar surface area (TPSA) is 78.9 Å². The summed E-state index contributed by atoms with van der Waals surface area (Å²) in [5.74, 6) is -1.08. The van der Waals surface area contributed by atoms with E-state index >= 15 is 0 Å². The molecule has 0 saturated heterocycles. The van der Waals surface area contributed by atoms with Gasteiger partial charge in [0, 0.05) is 19.3 Å². The van der Waals surface area contributed by atoms with Crippen LogP contribution in [0.5, 0.6) is 0 Å². The lowest BCUT2D eigenvalue weighted by Gasteiger charge is -2.18. The standard InChI is InChI=1S/C75H112O6/c1-4-7-10-13-16-19-22-25-28-31-34-35-36-37-38-39-42-44-47-50-53-56-59-62-65-68-74(77)80-71-72(81-75(78)69-66-63-60-57-54-51-48-45-41-33-30-27-24-21-18-15-12-9-6-3)70-79-73(76)67-64-61-58-55-52-49-46-43-40-32-29-26-23-20-17-14-11-8-5-2/h7-12,16-21,25-30,34-35,37-38,40-45,49,51-52,54,60,63,72H,4-6,13-15,22-24,31-33,36,39,46-48,50,53,55-59,61-62,64-71H2,1-3H3/b10-7-,11-8-,12-9-,19-16-,20-17-,21-18-,28-25-,29-26-,30-27-,35-34-,38-37-,43-40-,44-42-,45-41-,52-49-,54-51-,63-60-. The largest absolute Gasteiger partial charge is 0.462 e. The molecule has 0 amide bonds. The maximum atomic E-state index is 12.9. The molecule has 81 heavy (non-hydrogen) atoms. The maximum Gasteiger partial charge on any atom is 0.306 e. The summed E-state index contributed by atoms with van der Waals surface area (Å²) in [5.41, 5.74) is 0. The molecule has 6 heteroatoms. The Labute approximate surface area is 496 Å². The zero-order chi connectivity index (χ0) is 58.5. The van der Waals surface area contributed by atoms with Crippen LogP contribution in [0.3, 0.4) is 0 Å². The molecular weight excluding hydrogens is 997 g/mol. The van der Waals surface area contributed by atoms with Crippen molar-refractivity contribution in [3.8, 4) is 0 Å². The summed E-state index contributed by atoms with van der Waals surface area (Å²) in [7, 11) is 0. The van der Waals surface area contributed by atoms with Gasteiger partial charge in [0.2, 0.25) is 0 Å². The summed E-state index contributed by atoms with van der Waals surface area (Å²) in [6, 6.07) is 0. The second-order valence-electron chi connectivity index (χ2n) is 19.8. The van der Waals surface area contributed by atoms with Crippen LogP contribution in [0.2, 0.25) is 0 Å². The number of carbonyl (C=O) groups is 3. The van der Waals surface area contributed by atoms with Gasteiger partial charge in [0.1, 0.15) is 13.2 Å². The van der Waals surface area contributed by atoms with Crippen LogP contribution in [0.1, 0.15) is 226 Å². The highest BCUT2D eigenvalue weighted by Crippen LogP contribution is 2.12. The zero-order valence-corrected chi connectivity index (χ0v) is 51.2. The van der Waals surface area contributed by atoms with Gasteiger partial charge in [-0.1, -0.05) is 259 Å². The first-order chi connectivity index (χ1) is 40.0. The number of ether oxygens (including phenoxy) is 3. The number of rotatable bonds is 54. The molecule has 0 spiro atoms. The van der Waals surface area contributed by atoms with Crippen molar-refractivity contribution in [3.05, 3.63) is 207 Å². The Kier molecular flexibility index (Phi) is 61.6. The lowest BCUT2D eigenvalue weighted by Crippen LogP contribution is -2.30. The van der Waals surface area contributed by atoms with Crippen molar-refractivity contribution >= 4 is 17.9 Å². The molecule has 0 aliphatic carbocycles. The Morgan fingerprint density at radius 3 is 0.753 bits per heavy atom. The molecule has 0 N–H and O–H groups in total. The predicted octanol–water partition coefficient (Wildman–Crippen LogP) is 22.0. The molecule has 0 heterocycles. The fourth-order valence-electron chi connectivity index (χ4n) is 7.67. The van der Waals surface area contributed by atoms with Crippen molar-refractivity contribution in [2.24, 2.45) is 0 Å². The van der Waals surface area contributed by atoms with E-state index < -0.39 is 12.1 Å². The molecule has 1 atom stereocenters. The van der Waals surface area contributed by atoms with Crippen LogP contribution >= 0.6 is 0 Å². The summed E-state index contributed by atoms with van der Waals surface area (Å²) in [5, 5.41) is 0. The molecule has 0 fully saturated rings. The molecule has 6 nitrogen and oxygen atoms in total. The highest BCUT2D eigenvalue weighted by atomic mass is 16.6. The van der Waals surface area contributed by atoms with Crippen molar-refractivity contribution in [1.82, 2.24) is 0 Å². The molecule has 0 aliphatic heterocycles. The van der Waals surface area contributed by atoms with Crippen molar-refractivity contribution in [1.29, 1.82) is 0 Å².